The smallest absolute Gasteiger partial charge is 0.233 e. The average molecular weight is 219 g/mol. The fourth-order valence-electron chi connectivity index (χ4n) is 1.83. The number of anilines is 1. The first-order valence-electron chi connectivity index (χ1n) is 5.52. The summed E-state index contributed by atoms with van der Waals surface area (Å²) in [6.45, 7) is 4.32. The molecule has 0 radical (unpaired) electrons. The molecule has 1 aromatic heterocycles. The van der Waals surface area contributed by atoms with Crippen LogP contribution in [0.5, 0.6) is 0 Å². The van der Waals surface area contributed by atoms with Crippen molar-refractivity contribution in [1.29, 1.82) is 0 Å². The molecule has 0 atom stereocenters. The van der Waals surface area contributed by atoms with Crippen LogP contribution in [0, 0.1) is 19.3 Å². The Morgan fingerprint density at radius 3 is 2.69 bits per heavy atom. The van der Waals surface area contributed by atoms with Gasteiger partial charge < -0.3 is 11.1 Å². The molecule has 16 heavy (non-hydrogen) atoms. The van der Waals surface area contributed by atoms with Crippen LogP contribution in [0.25, 0.3) is 0 Å². The number of nitrogens with one attached hydrogen (secondary N) is 1. The number of pyridine rings is 1. The van der Waals surface area contributed by atoms with Crippen molar-refractivity contribution >= 4 is 11.7 Å². The van der Waals surface area contributed by atoms with Crippen LogP contribution in [-0.2, 0) is 4.79 Å². The van der Waals surface area contributed by atoms with E-state index in [-0.39, 0.29) is 11.3 Å². The Morgan fingerprint density at radius 1 is 1.50 bits per heavy atom. The van der Waals surface area contributed by atoms with Gasteiger partial charge in [-0.05, 0) is 44.4 Å². The molecule has 0 aliphatic heterocycles. The van der Waals surface area contributed by atoms with Gasteiger partial charge in [-0.2, -0.15) is 0 Å². The third kappa shape index (κ3) is 2.07. The van der Waals surface area contributed by atoms with Crippen LogP contribution in [0.15, 0.2) is 12.1 Å². The lowest BCUT2D eigenvalue weighted by molar-refractivity contribution is -0.120. The molecule has 1 fully saturated rings. The second-order valence-corrected chi connectivity index (χ2v) is 4.61. The minimum absolute atomic E-state index is 0.00694. The van der Waals surface area contributed by atoms with Crippen LogP contribution in [0.4, 0.5) is 5.82 Å². The fourth-order valence-corrected chi connectivity index (χ4v) is 1.83. The molecule has 3 N–H and O–H groups in total. The number of amides is 1. The summed E-state index contributed by atoms with van der Waals surface area (Å²) in [4.78, 5) is 16.2. The van der Waals surface area contributed by atoms with Gasteiger partial charge in [0, 0.05) is 12.2 Å². The SMILES string of the molecule is Cc1cc(C)nc(NC(=O)C2(CN)CC2)c1. The third-order valence-corrected chi connectivity index (χ3v) is 3.07. The molecule has 1 aliphatic rings. The second-order valence-electron chi connectivity index (χ2n) is 4.61. The van der Waals surface area contributed by atoms with Crippen LogP contribution in [-0.4, -0.2) is 17.4 Å². The van der Waals surface area contributed by atoms with Crippen molar-refractivity contribution in [2.24, 2.45) is 11.1 Å². The summed E-state index contributed by atoms with van der Waals surface area (Å²) in [5.41, 5.74) is 7.29. The zero-order valence-corrected chi connectivity index (χ0v) is 9.71. The summed E-state index contributed by atoms with van der Waals surface area (Å²) in [6.07, 6.45) is 1.78. The van der Waals surface area contributed by atoms with Crippen molar-refractivity contribution in [1.82, 2.24) is 4.98 Å². The van der Waals surface area contributed by atoms with E-state index in [9.17, 15) is 4.79 Å². The molecule has 4 heteroatoms. The Morgan fingerprint density at radius 2 is 2.19 bits per heavy atom. The van der Waals surface area contributed by atoms with Crippen molar-refractivity contribution in [2.45, 2.75) is 26.7 Å². The van der Waals surface area contributed by atoms with Crippen molar-refractivity contribution < 1.29 is 4.79 Å². The van der Waals surface area contributed by atoms with Crippen LogP contribution in [0.3, 0.4) is 0 Å². The van der Waals surface area contributed by atoms with Crippen LogP contribution < -0.4 is 11.1 Å². The van der Waals surface area contributed by atoms with E-state index in [1.165, 1.54) is 0 Å². The number of nitrogens with zero attached hydrogens (tertiary/aromatic N) is 1. The number of rotatable bonds is 3. The molecule has 2 rings (SSSR count). The maximum absolute atomic E-state index is 11.9. The topological polar surface area (TPSA) is 68.0 Å². The zero-order valence-electron chi connectivity index (χ0n) is 9.71. The highest BCUT2D eigenvalue weighted by Gasteiger charge is 2.48. The first-order chi connectivity index (χ1) is 7.55. The molecule has 1 amide bonds. The summed E-state index contributed by atoms with van der Waals surface area (Å²) in [5.74, 6) is 0.634. The predicted octanol–water partition coefficient (Wildman–Crippen LogP) is 1.38. The lowest BCUT2D eigenvalue weighted by Gasteiger charge is -2.12. The molecule has 0 aromatic carbocycles. The van der Waals surface area contributed by atoms with Crippen molar-refractivity contribution in [3.63, 3.8) is 0 Å². The Kier molecular flexibility index (Phi) is 2.68. The number of carbonyl (C=O) groups is 1. The van der Waals surface area contributed by atoms with E-state index >= 15 is 0 Å². The maximum Gasteiger partial charge on any atom is 0.233 e. The lowest BCUT2D eigenvalue weighted by Crippen LogP contribution is -2.31. The van der Waals surface area contributed by atoms with Crippen LogP contribution in [0.1, 0.15) is 24.1 Å². The Labute approximate surface area is 95.3 Å². The molecular formula is C12H17N3O. The fraction of sp³-hybridized carbons (Fsp3) is 0.500. The molecule has 1 aliphatic carbocycles. The second kappa shape index (κ2) is 3.87. The normalized spacial score (nSPS) is 16.9. The molecule has 0 bridgehead atoms. The first-order valence-corrected chi connectivity index (χ1v) is 5.52. The highest BCUT2D eigenvalue weighted by atomic mass is 16.2. The van der Waals surface area contributed by atoms with E-state index in [0.717, 1.165) is 24.1 Å². The van der Waals surface area contributed by atoms with Crippen molar-refractivity contribution in [3.05, 3.63) is 23.4 Å². The lowest BCUT2D eigenvalue weighted by atomic mass is 10.1. The molecular weight excluding hydrogens is 202 g/mol. The van der Waals surface area contributed by atoms with E-state index in [1.54, 1.807) is 0 Å². The van der Waals surface area contributed by atoms with Gasteiger partial charge >= 0.3 is 0 Å². The minimum atomic E-state index is -0.320. The summed E-state index contributed by atoms with van der Waals surface area (Å²) >= 11 is 0. The van der Waals surface area contributed by atoms with Gasteiger partial charge in [-0.3, -0.25) is 4.79 Å². The van der Waals surface area contributed by atoms with Gasteiger partial charge in [0.1, 0.15) is 5.82 Å². The van der Waals surface area contributed by atoms with E-state index in [4.69, 9.17) is 5.73 Å². The number of aryl methyl sites for hydroxylation is 2. The Balaban J connectivity index is 2.12. The largest absolute Gasteiger partial charge is 0.329 e. The van der Waals surface area contributed by atoms with Gasteiger partial charge in [-0.15, -0.1) is 0 Å². The molecule has 86 valence electrons. The third-order valence-electron chi connectivity index (χ3n) is 3.07. The summed E-state index contributed by atoms with van der Waals surface area (Å²) in [6, 6.07) is 3.85. The molecule has 0 spiro atoms. The molecule has 1 heterocycles. The number of aromatic nitrogens is 1. The minimum Gasteiger partial charge on any atom is -0.329 e. The van der Waals surface area contributed by atoms with Gasteiger partial charge in [0.15, 0.2) is 0 Å². The van der Waals surface area contributed by atoms with Gasteiger partial charge in [-0.25, -0.2) is 4.98 Å². The van der Waals surface area contributed by atoms with Crippen molar-refractivity contribution in [2.75, 3.05) is 11.9 Å². The van der Waals surface area contributed by atoms with Crippen LogP contribution >= 0.6 is 0 Å². The quantitative estimate of drug-likeness (QED) is 0.807. The van der Waals surface area contributed by atoms with E-state index in [1.807, 2.05) is 26.0 Å². The zero-order chi connectivity index (χ0) is 11.8. The molecule has 4 nitrogen and oxygen atoms in total. The molecule has 1 saturated carbocycles. The summed E-state index contributed by atoms with van der Waals surface area (Å²) < 4.78 is 0. The highest BCUT2D eigenvalue weighted by Crippen LogP contribution is 2.45. The van der Waals surface area contributed by atoms with E-state index in [0.29, 0.717) is 12.4 Å². The Bertz CT molecular complexity index is 404. The van der Waals surface area contributed by atoms with E-state index < -0.39 is 0 Å². The van der Waals surface area contributed by atoms with Gasteiger partial charge in [0.25, 0.3) is 0 Å². The standard InChI is InChI=1S/C12H17N3O/c1-8-5-9(2)14-10(6-8)15-11(16)12(7-13)3-4-12/h5-6H,3-4,7,13H2,1-2H3,(H,14,15,16). The van der Waals surface area contributed by atoms with Gasteiger partial charge in [0.05, 0.1) is 5.41 Å². The van der Waals surface area contributed by atoms with Crippen LogP contribution in [0.2, 0.25) is 0 Å². The predicted molar refractivity (Wildman–Crippen MR) is 63.1 cm³/mol. The highest BCUT2D eigenvalue weighted by molar-refractivity contribution is 5.96. The number of hydrogen-bond acceptors (Lipinski definition) is 3. The first kappa shape index (κ1) is 11.1. The summed E-state index contributed by atoms with van der Waals surface area (Å²) in [7, 11) is 0. The number of carbonyl (C=O) groups excluding carboxylic acids is 1. The van der Waals surface area contributed by atoms with Gasteiger partial charge in [0.2, 0.25) is 5.91 Å². The van der Waals surface area contributed by atoms with Crippen molar-refractivity contribution in [3.8, 4) is 0 Å². The number of hydrogen-bond donors (Lipinski definition) is 2. The maximum atomic E-state index is 11.9. The molecule has 0 saturated heterocycles. The Hall–Kier alpha value is -1.42. The summed E-state index contributed by atoms with van der Waals surface area (Å²) in [5, 5.41) is 2.85. The molecule has 1 aromatic rings. The van der Waals surface area contributed by atoms with E-state index in [2.05, 4.69) is 10.3 Å². The molecule has 0 unspecified atom stereocenters. The van der Waals surface area contributed by atoms with Gasteiger partial charge in [-0.1, -0.05) is 0 Å². The monoisotopic (exact) mass is 219 g/mol. The number of nitrogens with two attached hydrogens (primary N) is 1. The average Bonchev–Trinajstić information content (AvgIpc) is 2.96.